The van der Waals surface area contributed by atoms with E-state index in [1.807, 2.05) is 0 Å². The maximum absolute atomic E-state index is 0. The Morgan fingerprint density at radius 1 is 1.00 bits per heavy atom. The minimum Gasteiger partial charge on any atom is 0 e. The van der Waals surface area contributed by atoms with Crippen molar-refractivity contribution in [1.82, 2.24) is 0 Å². The third kappa shape index (κ3) is 8.83. The van der Waals surface area contributed by atoms with Crippen LogP contribution in [0.3, 0.4) is 0 Å². The Balaban J connectivity index is 0. The maximum Gasteiger partial charge on any atom is 0.316 e. The van der Waals surface area contributed by atoms with Gasteiger partial charge in [0.05, 0.1) is 0 Å². The summed E-state index contributed by atoms with van der Waals surface area (Å²) in [5, 5.41) is 0. The van der Waals surface area contributed by atoms with Crippen LogP contribution in [0, 0.1) is 0 Å². The molecule has 0 aromatic heterocycles. The van der Waals surface area contributed by atoms with E-state index < -0.39 is 0 Å². The maximum atomic E-state index is 0. The summed E-state index contributed by atoms with van der Waals surface area (Å²) in [4.78, 5) is 0. The van der Waals surface area contributed by atoms with E-state index in [2.05, 4.69) is 0 Å². The molecule has 0 amide bonds. The molecule has 0 N–H and O–H groups in total. The average molecular weight is 152 g/mol. The van der Waals surface area contributed by atoms with Crippen LogP contribution in [0.5, 0.6) is 0 Å². The molecule has 4 heteroatoms. The summed E-state index contributed by atoms with van der Waals surface area (Å²) in [5.74, 6) is 0. The van der Waals surface area contributed by atoms with E-state index in [1.165, 1.54) is 0 Å². The molecule has 0 aliphatic rings. The third-order valence-electron chi connectivity index (χ3n) is 0. The van der Waals surface area contributed by atoms with Crippen molar-refractivity contribution in [3.63, 3.8) is 0 Å². The second-order valence-electron chi connectivity index (χ2n) is 0. The van der Waals surface area contributed by atoms with Crippen molar-refractivity contribution in [1.29, 1.82) is 0 Å². The van der Waals surface area contributed by atoms with Gasteiger partial charge >= 0.3 is 60.8 Å². The van der Waals surface area contributed by atoms with Crippen LogP contribution < -0.4 is 0 Å². The van der Waals surface area contributed by atoms with Gasteiger partial charge in [-0.25, -0.2) is 0 Å². The molecule has 0 spiro atoms. The van der Waals surface area contributed by atoms with Gasteiger partial charge in [-0.15, -0.1) is 0 Å². The van der Waals surface area contributed by atoms with E-state index in [1.54, 1.807) is 0 Å². The van der Waals surface area contributed by atoms with Crippen LogP contribution in [-0.2, 0) is 17.1 Å². The van der Waals surface area contributed by atoms with Gasteiger partial charge in [-0.05, 0) is 0 Å². The standard InChI is InChI=1S/Ca.Fe.Mg.Si.4H. The molecule has 0 nitrogen and oxygen atoms in total. The molecule has 4 heavy (non-hydrogen) atoms. The fourth-order valence-electron chi connectivity index (χ4n) is 0. The van der Waals surface area contributed by atoms with Crippen molar-refractivity contribution >= 4 is 71.8 Å². The fraction of sp³-hybridized carbons (Fsp3) is 0. The second kappa shape index (κ2) is 17.1. The van der Waals surface area contributed by atoms with Crippen molar-refractivity contribution in [3.05, 3.63) is 0 Å². The number of hydrogen-bond acceptors (Lipinski definition) is 0. The molecule has 0 aliphatic heterocycles. The van der Waals surface area contributed by atoms with Gasteiger partial charge in [0.25, 0.3) is 0 Å². The van der Waals surface area contributed by atoms with Crippen molar-refractivity contribution < 1.29 is 17.1 Å². The van der Waals surface area contributed by atoms with Gasteiger partial charge < -0.3 is 0 Å². The molecular formula is H4CaFeMgSi. The molecule has 0 aliphatic carbocycles. The van der Waals surface area contributed by atoms with E-state index in [4.69, 9.17) is 0 Å². The molecular weight excluding hydrogens is 148 g/mol. The SMILES string of the molecule is [CaH2].[Fe].[MgH2].[Si]. The molecule has 20 valence electrons. The molecule has 0 saturated heterocycles. The first-order chi connectivity index (χ1) is 0. The van der Waals surface area contributed by atoms with Gasteiger partial charge in [0.15, 0.2) is 0 Å². The zero-order chi connectivity index (χ0) is 0. The monoisotopic (exact) mass is 152 g/mol. The van der Waals surface area contributed by atoms with E-state index in [9.17, 15) is 0 Å². The Kier molecular flexibility index (Phi) is 126. The zero-order valence-corrected chi connectivity index (χ0v) is 2.96. The van der Waals surface area contributed by atoms with Crippen LogP contribution in [-0.4, -0.2) is 71.8 Å². The van der Waals surface area contributed by atoms with E-state index in [-0.39, 0.29) is 88.8 Å². The van der Waals surface area contributed by atoms with Gasteiger partial charge in [0.2, 0.25) is 0 Å². The summed E-state index contributed by atoms with van der Waals surface area (Å²) in [5.41, 5.74) is 0. The quantitative estimate of drug-likeness (QED) is 0.345. The molecule has 0 saturated carbocycles. The molecule has 0 atom stereocenters. The van der Waals surface area contributed by atoms with Crippen molar-refractivity contribution in [2.45, 2.75) is 0 Å². The minimum absolute atomic E-state index is 0. The van der Waals surface area contributed by atoms with Crippen molar-refractivity contribution in [3.8, 4) is 0 Å². The van der Waals surface area contributed by atoms with Crippen molar-refractivity contribution in [2.24, 2.45) is 0 Å². The number of hydrogen-bond donors (Lipinski definition) is 0. The first kappa shape index (κ1) is 29.4. The third-order valence-corrected chi connectivity index (χ3v) is 0. The van der Waals surface area contributed by atoms with E-state index in [0.29, 0.717) is 0 Å². The van der Waals surface area contributed by atoms with E-state index >= 15 is 0 Å². The summed E-state index contributed by atoms with van der Waals surface area (Å²) < 4.78 is 0. The van der Waals surface area contributed by atoms with Crippen LogP contribution in [0.2, 0.25) is 0 Å². The molecule has 0 heterocycles. The fourth-order valence-corrected chi connectivity index (χ4v) is 0. The van der Waals surface area contributed by atoms with Crippen molar-refractivity contribution in [2.75, 3.05) is 0 Å². The molecule has 4 radical (unpaired) electrons. The topological polar surface area (TPSA) is 0 Å². The molecule has 0 aromatic rings. The van der Waals surface area contributed by atoms with Gasteiger partial charge in [0.1, 0.15) is 0 Å². The molecule has 0 bridgehead atoms. The van der Waals surface area contributed by atoms with Gasteiger partial charge in [0, 0.05) is 28.0 Å². The summed E-state index contributed by atoms with van der Waals surface area (Å²) in [6, 6.07) is 0. The molecule has 0 unspecified atom stereocenters. The largest absolute Gasteiger partial charge is 0.316 e. The summed E-state index contributed by atoms with van der Waals surface area (Å²) >= 11 is 0. The molecule has 0 rings (SSSR count). The zero-order valence-electron chi connectivity index (χ0n) is 0.854. The minimum atomic E-state index is 0. The van der Waals surface area contributed by atoms with Crippen LogP contribution in [0.4, 0.5) is 0 Å². The van der Waals surface area contributed by atoms with Gasteiger partial charge in [-0.3, -0.25) is 0 Å². The first-order valence-corrected chi connectivity index (χ1v) is 0. The van der Waals surface area contributed by atoms with Crippen LogP contribution >= 0.6 is 0 Å². The molecule has 0 aromatic carbocycles. The van der Waals surface area contributed by atoms with Gasteiger partial charge in [-0.1, -0.05) is 0 Å². The predicted octanol–water partition coefficient (Wildman–Crippen LogP) is -2.22. The number of rotatable bonds is 0. The summed E-state index contributed by atoms with van der Waals surface area (Å²) in [6.07, 6.45) is 0. The smallest absolute Gasteiger partial charge is 0 e. The van der Waals surface area contributed by atoms with E-state index in [0.717, 1.165) is 0 Å². The first-order valence-electron chi connectivity index (χ1n) is 0. The van der Waals surface area contributed by atoms with Crippen LogP contribution in [0.15, 0.2) is 0 Å². The normalized spacial score (nSPS) is 0. The Morgan fingerprint density at radius 3 is 1.00 bits per heavy atom. The predicted molar refractivity (Wildman–Crippen MR) is 22.8 cm³/mol. The van der Waals surface area contributed by atoms with Crippen LogP contribution in [0.25, 0.3) is 0 Å². The Morgan fingerprint density at radius 2 is 1.00 bits per heavy atom. The summed E-state index contributed by atoms with van der Waals surface area (Å²) in [7, 11) is 0. The Bertz CT molecular complexity index is 8.00. The Labute approximate surface area is 87.1 Å². The summed E-state index contributed by atoms with van der Waals surface area (Å²) in [6.45, 7) is 0. The molecule has 0 fully saturated rings. The average Bonchev–Trinajstić information content (AvgIpc) is 0. The second-order valence-corrected chi connectivity index (χ2v) is 0. The Hall–Kier alpha value is 2.76. The van der Waals surface area contributed by atoms with Gasteiger partial charge in [-0.2, -0.15) is 0 Å². The van der Waals surface area contributed by atoms with Crippen LogP contribution in [0.1, 0.15) is 0 Å².